The first-order valence-electron chi connectivity index (χ1n) is 6.70. The van der Waals surface area contributed by atoms with Gasteiger partial charge in [-0.15, -0.1) is 0 Å². The third-order valence-electron chi connectivity index (χ3n) is 3.74. The lowest BCUT2D eigenvalue weighted by atomic mass is 9.89. The number of ether oxygens (including phenoxy) is 1. The molecule has 1 aliphatic carbocycles. The van der Waals surface area contributed by atoms with Crippen LogP contribution < -0.4 is 0 Å². The van der Waals surface area contributed by atoms with E-state index in [2.05, 4.69) is 6.58 Å². The molecule has 116 valence electrons. The normalized spacial score (nSPS) is 21.3. The van der Waals surface area contributed by atoms with Crippen molar-refractivity contribution in [3.8, 4) is 0 Å². The van der Waals surface area contributed by atoms with Crippen molar-refractivity contribution < 1.29 is 27.8 Å². The monoisotopic (exact) mass is 294 g/mol. The number of carbonyl (C=O) groups is 1. The molecule has 0 aromatic carbocycles. The molecule has 0 heterocycles. The Bertz CT molecular complexity index is 368. The maximum Gasteiger partial charge on any atom is 0.417 e. The van der Waals surface area contributed by atoms with E-state index in [0.29, 0.717) is 19.8 Å². The van der Waals surface area contributed by atoms with Gasteiger partial charge in [-0.3, -0.25) is 0 Å². The fourth-order valence-corrected chi connectivity index (χ4v) is 2.38. The van der Waals surface area contributed by atoms with E-state index in [1.807, 2.05) is 0 Å². The van der Waals surface area contributed by atoms with Crippen molar-refractivity contribution in [1.82, 2.24) is 0 Å². The lowest BCUT2D eigenvalue weighted by Gasteiger charge is -2.32. The van der Waals surface area contributed by atoms with Crippen molar-refractivity contribution in [2.24, 2.45) is 5.92 Å². The Labute approximate surface area is 116 Å². The van der Waals surface area contributed by atoms with Gasteiger partial charge in [-0.2, -0.15) is 13.2 Å². The number of aliphatic hydroxyl groups is 1. The molecule has 1 fully saturated rings. The summed E-state index contributed by atoms with van der Waals surface area (Å²) >= 11 is 0. The molecule has 0 amide bonds. The molecule has 0 saturated heterocycles. The zero-order valence-corrected chi connectivity index (χ0v) is 11.8. The number of rotatable bonds is 5. The molecule has 0 spiro atoms. The summed E-state index contributed by atoms with van der Waals surface area (Å²) in [6, 6.07) is 0. The van der Waals surface area contributed by atoms with E-state index < -0.39 is 30.3 Å². The molecule has 1 saturated carbocycles. The van der Waals surface area contributed by atoms with E-state index in [-0.39, 0.29) is 11.5 Å². The number of esters is 1. The lowest BCUT2D eigenvalue weighted by Crippen LogP contribution is -2.46. The first-order chi connectivity index (χ1) is 9.04. The molecule has 1 N–H and O–H groups in total. The molecule has 6 heteroatoms. The van der Waals surface area contributed by atoms with Crippen molar-refractivity contribution in [3.63, 3.8) is 0 Å². The van der Waals surface area contributed by atoms with Crippen LogP contribution in [0.4, 0.5) is 13.2 Å². The molecule has 1 aliphatic rings. The smallest absolute Gasteiger partial charge is 0.417 e. The predicted molar refractivity (Wildman–Crippen MR) is 67.9 cm³/mol. The topological polar surface area (TPSA) is 46.5 Å². The van der Waals surface area contributed by atoms with Crippen LogP contribution in [0.5, 0.6) is 0 Å². The first kappa shape index (κ1) is 17.0. The van der Waals surface area contributed by atoms with Gasteiger partial charge < -0.3 is 9.84 Å². The molecule has 0 aromatic heterocycles. The zero-order valence-electron chi connectivity index (χ0n) is 11.8. The number of hydrogen-bond donors (Lipinski definition) is 1. The molecular formula is C14H21F3O3. The quantitative estimate of drug-likeness (QED) is 0.624. The standard InChI is InChI=1S/C14H21F3O3/c1-9(2)12(18)20-11(10-6-4-5-7-10)8-13(3,19)14(15,16)17/h10-11,19H,1,4-8H2,2-3H3. The van der Waals surface area contributed by atoms with E-state index in [1.165, 1.54) is 6.92 Å². The predicted octanol–water partition coefficient (Wildman–Crippen LogP) is 3.37. The van der Waals surface area contributed by atoms with Gasteiger partial charge in [-0.05, 0) is 32.6 Å². The average Bonchev–Trinajstić information content (AvgIpc) is 2.79. The Morgan fingerprint density at radius 3 is 2.30 bits per heavy atom. The van der Waals surface area contributed by atoms with Crippen LogP contribution in [-0.2, 0) is 9.53 Å². The number of halogens is 3. The van der Waals surface area contributed by atoms with Gasteiger partial charge >= 0.3 is 12.1 Å². The van der Waals surface area contributed by atoms with Gasteiger partial charge in [-0.1, -0.05) is 19.4 Å². The minimum absolute atomic E-state index is 0.132. The second kappa shape index (κ2) is 6.16. The second-order valence-corrected chi connectivity index (χ2v) is 5.74. The Kier molecular flexibility index (Phi) is 5.24. The highest BCUT2D eigenvalue weighted by Gasteiger charge is 2.52. The van der Waals surface area contributed by atoms with Crippen LogP contribution in [0.2, 0.25) is 0 Å². The fraction of sp³-hybridized carbons (Fsp3) is 0.786. The summed E-state index contributed by atoms with van der Waals surface area (Å²) in [6.07, 6.45) is -3.10. The third kappa shape index (κ3) is 4.23. The molecule has 0 radical (unpaired) electrons. The van der Waals surface area contributed by atoms with Crippen LogP contribution in [-0.4, -0.2) is 29.0 Å². The second-order valence-electron chi connectivity index (χ2n) is 5.74. The van der Waals surface area contributed by atoms with Gasteiger partial charge in [0.05, 0.1) is 0 Å². The van der Waals surface area contributed by atoms with Crippen LogP contribution in [0.3, 0.4) is 0 Å². The summed E-state index contributed by atoms with van der Waals surface area (Å²) < 4.78 is 43.4. The van der Waals surface area contributed by atoms with E-state index in [4.69, 9.17) is 4.74 Å². The SMILES string of the molecule is C=C(C)C(=O)OC(CC(C)(O)C(F)(F)F)C1CCCC1. The van der Waals surface area contributed by atoms with Crippen molar-refractivity contribution in [2.45, 2.75) is 63.8 Å². The van der Waals surface area contributed by atoms with Crippen LogP contribution in [0.1, 0.15) is 46.0 Å². The van der Waals surface area contributed by atoms with Gasteiger partial charge in [0.1, 0.15) is 6.10 Å². The Morgan fingerprint density at radius 1 is 1.40 bits per heavy atom. The summed E-state index contributed by atoms with van der Waals surface area (Å²) in [5, 5.41) is 9.59. The summed E-state index contributed by atoms with van der Waals surface area (Å²) in [6.45, 7) is 5.57. The van der Waals surface area contributed by atoms with Crippen LogP contribution in [0, 0.1) is 5.92 Å². The first-order valence-corrected chi connectivity index (χ1v) is 6.70. The highest BCUT2D eigenvalue weighted by molar-refractivity contribution is 5.87. The maximum atomic E-state index is 12.8. The minimum atomic E-state index is -4.75. The van der Waals surface area contributed by atoms with Crippen molar-refractivity contribution in [1.29, 1.82) is 0 Å². The zero-order chi connectivity index (χ0) is 15.6. The van der Waals surface area contributed by atoms with Crippen LogP contribution >= 0.6 is 0 Å². The fourth-order valence-electron chi connectivity index (χ4n) is 2.38. The van der Waals surface area contributed by atoms with Gasteiger partial charge in [0.2, 0.25) is 0 Å². The summed E-state index contributed by atoms with van der Waals surface area (Å²) in [7, 11) is 0. The van der Waals surface area contributed by atoms with E-state index >= 15 is 0 Å². The molecule has 3 nitrogen and oxygen atoms in total. The number of carbonyl (C=O) groups excluding carboxylic acids is 1. The number of alkyl halides is 3. The Balaban J connectivity index is 2.82. The maximum absolute atomic E-state index is 12.8. The summed E-state index contributed by atoms with van der Waals surface area (Å²) in [4.78, 5) is 11.6. The highest BCUT2D eigenvalue weighted by Crippen LogP contribution is 2.39. The minimum Gasteiger partial charge on any atom is -0.459 e. The molecule has 1 rings (SSSR count). The largest absolute Gasteiger partial charge is 0.459 e. The van der Waals surface area contributed by atoms with E-state index in [0.717, 1.165) is 12.8 Å². The van der Waals surface area contributed by atoms with Crippen molar-refractivity contribution in [2.75, 3.05) is 0 Å². The number of hydrogen-bond acceptors (Lipinski definition) is 3. The van der Waals surface area contributed by atoms with Crippen molar-refractivity contribution >= 4 is 5.97 Å². The molecule has 0 aromatic rings. The van der Waals surface area contributed by atoms with Crippen LogP contribution in [0.25, 0.3) is 0 Å². The molecule has 2 unspecified atom stereocenters. The van der Waals surface area contributed by atoms with Gasteiger partial charge in [0.25, 0.3) is 0 Å². The Morgan fingerprint density at radius 2 is 1.90 bits per heavy atom. The lowest BCUT2D eigenvalue weighted by molar-refractivity contribution is -0.263. The molecule has 0 bridgehead atoms. The van der Waals surface area contributed by atoms with E-state index in [1.54, 1.807) is 0 Å². The van der Waals surface area contributed by atoms with Gasteiger partial charge in [0, 0.05) is 12.0 Å². The average molecular weight is 294 g/mol. The summed E-state index contributed by atoms with van der Waals surface area (Å²) in [5.41, 5.74) is -2.73. The van der Waals surface area contributed by atoms with E-state index in [9.17, 15) is 23.1 Å². The highest BCUT2D eigenvalue weighted by atomic mass is 19.4. The molecule has 0 aliphatic heterocycles. The van der Waals surface area contributed by atoms with Gasteiger partial charge in [0.15, 0.2) is 5.60 Å². The molecule has 20 heavy (non-hydrogen) atoms. The van der Waals surface area contributed by atoms with Crippen LogP contribution in [0.15, 0.2) is 12.2 Å². The van der Waals surface area contributed by atoms with Crippen molar-refractivity contribution in [3.05, 3.63) is 12.2 Å². The Hall–Kier alpha value is -1.04. The third-order valence-corrected chi connectivity index (χ3v) is 3.74. The molecule has 2 atom stereocenters. The summed E-state index contributed by atoms with van der Waals surface area (Å²) in [5.74, 6) is -0.841. The van der Waals surface area contributed by atoms with Gasteiger partial charge in [-0.25, -0.2) is 4.79 Å². The molecular weight excluding hydrogens is 273 g/mol.